The lowest BCUT2D eigenvalue weighted by molar-refractivity contribution is 0.00247. The SMILES string of the molecule is CC(C)(C)OC(=O)N1CCC[C@@H]1[C@@H](O)[C@H](C1=CCCC(F)=C1)c1ccccc1. The third kappa shape index (κ3) is 4.82. The first kappa shape index (κ1) is 20.6. The number of halogens is 1. The third-order valence-electron chi connectivity index (χ3n) is 5.27. The molecule has 0 unspecified atom stereocenters. The summed E-state index contributed by atoms with van der Waals surface area (Å²) in [4.78, 5) is 14.3. The van der Waals surface area contributed by atoms with E-state index in [1.807, 2.05) is 57.2 Å². The molecule has 2 aliphatic rings. The molecule has 0 bridgehead atoms. The summed E-state index contributed by atoms with van der Waals surface area (Å²) < 4.78 is 19.5. The molecule has 5 heteroatoms. The molecule has 0 saturated carbocycles. The molecule has 3 rings (SSSR count). The molecular formula is C23H30FNO3. The normalized spacial score (nSPS) is 22.3. The van der Waals surface area contributed by atoms with Crippen molar-refractivity contribution in [2.75, 3.05) is 6.54 Å². The topological polar surface area (TPSA) is 49.8 Å². The molecule has 1 N–H and O–H groups in total. The minimum atomic E-state index is -0.842. The van der Waals surface area contributed by atoms with E-state index >= 15 is 0 Å². The van der Waals surface area contributed by atoms with Gasteiger partial charge < -0.3 is 14.7 Å². The highest BCUT2D eigenvalue weighted by molar-refractivity contribution is 5.69. The first-order chi connectivity index (χ1) is 13.3. The first-order valence-corrected chi connectivity index (χ1v) is 10.0. The van der Waals surface area contributed by atoms with Crippen molar-refractivity contribution in [2.24, 2.45) is 0 Å². The monoisotopic (exact) mass is 387 g/mol. The van der Waals surface area contributed by atoms with Gasteiger partial charge in [0.25, 0.3) is 0 Å². The summed E-state index contributed by atoms with van der Waals surface area (Å²) in [5.41, 5.74) is 1.10. The van der Waals surface area contributed by atoms with Crippen LogP contribution in [0.2, 0.25) is 0 Å². The Morgan fingerprint density at radius 1 is 1.29 bits per heavy atom. The van der Waals surface area contributed by atoms with Crippen molar-refractivity contribution in [3.05, 3.63) is 59.4 Å². The van der Waals surface area contributed by atoms with Gasteiger partial charge in [0.15, 0.2) is 0 Å². The summed E-state index contributed by atoms with van der Waals surface area (Å²) in [6.45, 7) is 6.06. The highest BCUT2D eigenvalue weighted by Gasteiger charge is 2.40. The maximum Gasteiger partial charge on any atom is 0.410 e. The maximum atomic E-state index is 14.0. The van der Waals surface area contributed by atoms with Crippen LogP contribution in [-0.4, -0.2) is 40.4 Å². The first-order valence-electron chi connectivity index (χ1n) is 10.0. The summed E-state index contributed by atoms with van der Waals surface area (Å²) in [7, 11) is 0. The van der Waals surface area contributed by atoms with E-state index < -0.39 is 17.8 Å². The second-order valence-corrected chi connectivity index (χ2v) is 8.60. The average Bonchev–Trinajstić information content (AvgIpc) is 3.11. The molecule has 0 radical (unpaired) electrons. The lowest BCUT2D eigenvalue weighted by Crippen LogP contribution is -2.47. The second kappa shape index (κ2) is 8.48. The summed E-state index contributed by atoms with van der Waals surface area (Å²) in [6, 6.07) is 9.28. The maximum absolute atomic E-state index is 14.0. The van der Waals surface area contributed by atoms with Gasteiger partial charge in [-0.1, -0.05) is 36.4 Å². The van der Waals surface area contributed by atoms with Crippen molar-refractivity contribution in [3.63, 3.8) is 0 Å². The summed E-state index contributed by atoms with van der Waals surface area (Å²) >= 11 is 0. The molecule has 28 heavy (non-hydrogen) atoms. The lowest BCUT2D eigenvalue weighted by Gasteiger charge is -2.35. The molecule has 0 spiro atoms. The van der Waals surface area contributed by atoms with E-state index in [-0.39, 0.29) is 17.8 Å². The molecule has 1 aromatic carbocycles. The van der Waals surface area contributed by atoms with Gasteiger partial charge in [0.1, 0.15) is 11.4 Å². The fourth-order valence-corrected chi connectivity index (χ4v) is 4.07. The number of aliphatic hydroxyl groups excluding tert-OH is 1. The third-order valence-corrected chi connectivity index (χ3v) is 5.27. The number of carbonyl (C=O) groups excluding carboxylic acids is 1. The fourth-order valence-electron chi connectivity index (χ4n) is 4.07. The Morgan fingerprint density at radius 3 is 2.64 bits per heavy atom. The average molecular weight is 387 g/mol. The summed E-state index contributed by atoms with van der Waals surface area (Å²) in [5, 5.41) is 11.4. The molecule has 1 fully saturated rings. The number of hydrogen-bond donors (Lipinski definition) is 1. The van der Waals surface area contributed by atoms with Crippen LogP contribution in [0, 0.1) is 0 Å². The number of allylic oxidation sites excluding steroid dienone is 3. The Kier molecular flexibility index (Phi) is 6.23. The van der Waals surface area contributed by atoms with Gasteiger partial charge in [-0.05, 0) is 57.2 Å². The van der Waals surface area contributed by atoms with E-state index in [1.54, 1.807) is 4.90 Å². The van der Waals surface area contributed by atoms with E-state index in [0.717, 1.165) is 17.6 Å². The van der Waals surface area contributed by atoms with Crippen molar-refractivity contribution in [3.8, 4) is 0 Å². The molecule has 1 amide bonds. The van der Waals surface area contributed by atoms with Gasteiger partial charge in [0, 0.05) is 18.9 Å². The Bertz CT molecular complexity index is 751. The molecule has 152 valence electrons. The zero-order chi connectivity index (χ0) is 20.3. The molecule has 1 aromatic rings. The quantitative estimate of drug-likeness (QED) is 0.782. The summed E-state index contributed by atoms with van der Waals surface area (Å²) in [6.07, 6.45) is 4.82. The van der Waals surface area contributed by atoms with Crippen LogP contribution in [0.15, 0.2) is 53.9 Å². The van der Waals surface area contributed by atoms with Crippen molar-refractivity contribution in [1.29, 1.82) is 0 Å². The molecule has 3 atom stereocenters. The number of hydrogen-bond acceptors (Lipinski definition) is 3. The standard InChI is InChI=1S/C23H30FNO3/c1-23(2,3)28-22(27)25-14-8-13-19(25)21(26)20(16-9-5-4-6-10-16)17-11-7-12-18(24)15-17/h4-6,9-11,15,19-21,26H,7-8,12-14H2,1-3H3/t19-,20+,21-/m1/s1. The fraction of sp³-hybridized carbons (Fsp3) is 0.522. The Labute approximate surface area is 166 Å². The van der Waals surface area contributed by atoms with Gasteiger partial charge in [-0.25, -0.2) is 9.18 Å². The van der Waals surface area contributed by atoms with Crippen LogP contribution in [0.25, 0.3) is 0 Å². The van der Waals surface area contributed by atoms with Crippen molar-refractivity contribution in [1.82, 2.24) is 4.90 Å². The number of rotatable bonds is 4. The second-order valence-electron chi connectivity index (χ2n) is 8.60. The van der Waals surface area contributed by atoms with E-state index in [2.05, 4.69) is 0 Å². The largest absolute Gasteiger partial charge is 0.444 e. The van der Waals surface area contributed by atoms with Crippen LogP contribution >= 0.6 is 0 Å². The van der Waals surface area contributed by atoms with Crippen LogP contribution in [0.1, 0.15) is 57.9 Å². The highest BCUT2D eigenvalue weighted by Crippen LogP contribution is 2.38. The predicted octanol–water partition coefficient (Wildman–Crippen LogP) is 5.10. The molecular weight excluding hydrogens is 357 g/mol. The van der Waals surface area contributed by atoms with Crippen molar-refractivity contribution < 1.29 is 19.0 Å². The van der Waals surface area contributed by atoms with Crippen LogP contribution < -0.4 is 0 Å². The molecule has 1 aliphatic heterocycles. The lowest BCUT2D eigenvalue weighted by atomic mass is 9.80. The predicted molar refractivity (Wildman–Crippen MR) is 108 cm³/mol. The van der Waals surface area contributed by atoms with Gasteiger partial charge in [0.2, 0.25) is 0 Å². The smallest absolute Gasteiger partial charge is 0.410 e. The number of benzene rings is 1. The molecule has 0 aromatic heterocycles. The zero-order valence-corrected chi connectivity index (χ0v) is 16.9. The van der Waals surface area contributed by atoms with Gasteiger partial charge in [-0.2, -0.15) is 0 Å². The van der Waals surface area contributed by atoms with Gasteiger partial charge >= 0.3 is 6.09 Å². The van der Waals surface area contributed by atoms with E-state index in [1.165, 1.54) is 6.08 Å². The van der Waals surface area contributed by atoms with Crippen LogP contribution in [0.5, 0.6) is 0 Å². The molecule has 4 nitrogen and oxygen atoms in total. The number of nitrogens with zero attached hydrogens (tertiary/aromatic N) is 1. The van der Waals surface area contributed by atoms with Gasteiger partial charge in [-0.15, -0.1) is 0 Å². The Balaban J connectivity index is 1.89. The Morgan fingerprint density at radius 2 is 2.00 bits per heavy atom. The van der Waals surface area contributed by atoms with Crippen LogP contribution in [0.3, 0.4) is 0 Å². The zero-order valence-electron chi connectivity index (χ0n) is 16.9. The van der Waals surface area contributed by atoms with Gasteiger partial charge in [0.05, 0.1) is 12.1 Å². The summed E-state index contributed by atoms with van der Waals surface area (Å²) in [5.74, 6) is -0.554. The number of carbonyl (C=O) groups is 1. The van der Waals surface area contributed by atoms with E-state index in [4.69, 9.17) is 4.74 Å². The van der Waals surface area contributed by atoms with E-state index in [9.17, 15) is 14.3 Å². The number of likely N-dealkylation sites (tertiary alicyclic amines) is 1. The molecule has 1 heterocycles. The number of aliphatic hydroxyl groups is 1. The minimum Gasteiger partial charge on any atom is -0.444 e. The molecule has 1 saturated heterocycles. The highest BCUT2D eigenvalue weighted by atomic mass is 19.1. The minimum absolute atomic E-state index is 0.166. The van der Waals surface area contributed by atoms with E-state index in [0.29, 0.717) is 25.8 Å². The van der Waals surface area contributed by atoms with Crippen LogP contribution in [-0.2, 0) is 4.74 Å². The Hall–Kier alpha value is -2.14. The van der Waals surface area contributed by atoms with Gasteiger partial charge in [-0.3, -0.25) is 0 Å². The number of amides is 1. The van der Waals surface area contributed by atoms with Crippen LogP contribution in [0.4, 0.5) is 9.18 Å². The van der Waals surface area contributed by atoms with Crippen molar-refractivity contribution >= 4 is 6.09 Å². The number of ether oxygens (including phenoxy) is 1. The molecule has 1 aliphatic carbocycles. The van der Waals surface area contributed by atoms with Crippen molar-refractivity contribution in [2.45, 2.75) is 70.1 Å².